The summed E-state index contributed by atoms with van der Waals surface area (Å²) in [6, 6.07) is 16.0. The fourth-order valence-electron chi connectivity index (χ4n) is 3.37. The summed E-state index contributed by atoms with van der Waals surface area (Å²) in [5.41, 5.74) is 2.39. The molecule has 0 atom stereocenters. The van der Waals surface area contributed by atoms with Crippen molar-refractivity contribution in [3.63, 3.8) is 0 Å². The van der Waals surface area contributed by atoms with Crippen LogP contribution in [0, 0.1) is 11.2 Å². The van der Waals surface area contributed by atoms with Crippen LogP contribution in [0.1, 0.15) is 5.56 Å². The maximum atomic E-state index is 14.1. The Labute approximate surface area is 183 Å². The summed E-state index contributed by atoms with van der Waals surface area (Å²) < 4.78 is 24.9. The van der Waals surface area contributed by atoms with E-state index in [9.17, 15) is 4.39 Å². The third kappa shape index (κ3) is 4.29. The highest BCUT2D eigenvalue weighted by Gasteiger charge is 2.13. The SMILES string of the molecule is COc1cccc(OC)c1CNC(=N)Nc1nc(-c2ccc(F)c3ccccc23)cs1. The lowest BCUT2D eigenvalue weighted by Crippen LogP contribution is -2.29. The molecular weight excluding hydrogens is 415 g/mol. The molecule has 158 valence electrons. The van der Waals surface area contributed by atoms with E-state index in [1.165, 1.54) is 17.4 Å². The van der Waals surface area contributed by atoms with Crippen LogP contribution in [0.15, 0.2) is 60.0 Å². The summed E-state index contributed by atoms with van der Waals surface area (Å²) >= 11 is 1.38. The van der Waals surface area contributed by atoms with Crippen LogP contribution in [0.3, 0.4) is 0 Å². The topological polar surface area (TPSA) is 79.3 Å². The predicted molar refractivity (Wildman–Crippen MR) is 123 cm³/mol. The highest BCUT2D eigenvalue weighted by molar-refractivity contribution is 7.14. The molecule has 0 fully saturated rings. The lowest BCUT2D eigenvalue weighted by atomic mass is 10.0. The Balaban J connectivity index is 1.48. The van der Waals surface area contributed by atoms with Crippen LogP contribution < -0.4 is 20.1 Å². The minimum atomic E-state index is -0.259. The Kier molecular flexibility index (Phi) is 5.99. The van der Waals surface area contributed by atoms with Gasteiger partial charge in [0.2, 0.25) is 0 Å². The predicted octanol–water partition coefficient (Wildman–Crippen LogP) is 5.26. The summed E-state index contributed by atoms with van der Waals surface area (Å²) in [6.45, 7) is 0.347. The molecule has 8 heteroatoms. The molecule has 6 nitrogen and oxygen atoms in total. The van der Waals surface area contributed by atoms with Crippen LogP contribution in [0.5, 0.6) is 11.5 Å². The average Bonchev–Trinajstić information content (AvgIpc) is 3.25. The van der Waals surface area contributed by atoms with Crippen molar-refractivity contribution < 1.29 is 13.9 Å². The molecule has 0 unspecified atom stereocenters. The van der Waals surface area contributed by atoms with Crippen molar-refractivity contribution >= 4 is 33.2 Å². The van der Waals surface area contributed by atoms with Crippen molar-refractivity contribution in [3.8, 4) is 22.8 Å². The van der Waals surface area contributed by atoms with E-state index in [-0.39, 0.29) is 11.8 Å². The van der Waals surface area contributed by atoms with Crippen molar-refractivity contribution in [1.82, 2.24) is 10.3 Å². The molecule has 0 amide bonds. The monoisotopic (exact) mass is 436 g/mol. The molecule has 1 heterocycles. The highest BCUT2D eigenvalue weighted by atomic mass is 32.1. The van der Waals surface area contributed by atoms with E-state index in [1.54, 1.807) is 26.4 Å². The molecule has 0 spiro atoms. The van der Waals surface area contributed by atoms with Gasteiger partial charge < -0.3 is 20.1 Å². The second-order valence-corrected chi connectivity index (χ2v) is 7.53. The summed E-state index contributed by atoms with van der Waals surface area (Å²) in [5, 5.41) is 18.0. The average molecular weight is 437 g/mol. The first-order valence-electron chi connectivity index (χ1n) is 9.53. The molecule has 3 aromatic carbocycles. The number of fused-ring (bicyclic) bond motifs is 1. The van der Waals surface area contributed by atoms with Gasteiger partial charge in [-0.3, -0.25) is 5.41 Å². The number of ether oxygens (including phenoxy) is 2. The van der Waals surface area contributed by atoms with Crippen LogP contribution in [-0.4, -0.2) is 25.2 Å². The molecular formula is C23H21FN4O2S. The zero-order valence-electron chi connectivity index (χ0n) is 17.0. The number of rotatable bonds is 6. The van der Waals surface area contributed by atoms with Crippen molar-refractivity contribution in [2.75, 3.05) is 19.5 Å². The molecule has 0 aliphatic rings. The zero-order chi connectivity index (χ0) is 21.8. The quantitative estimate of drug-likeness (QED) is 0.284. The van der Waals surface area contributed by atoms with Gasteiger partial charge in [-0.25, -0.2) is 9.37 Å². The molecule has 0 aliphatic heterocycles. The van der Waals surface area contributed by atoms with Crippen molar-refractivity contribution in [2.24, 2.45) is 0 Å². The normalized spacial score (nSPS) is 10.7. The van der Waals surface area contributed by atoms with Crippen molar-refractivity contribution in [1.29, 1.82) is 5.41 Å². The Morgan fingerprint density at radius 1 is 1.00 bits per heavy atom. The van der Waals surface area contributed by atoms with Crippen LogP contribution in [0.4, 0.5) is 9.52 Å². The van der Waals surface area contributed by atoms with E-state index in [0.717, 1.165) is 22.2 Å². The van der Waals surface area contributed by atoms with Gasteiger partial charge in [0.15, 0.2) is 11.1 Å². The lowest BCUT2D eigenvalue weighted by Gasteiger charge is -2.14. The Bertz CT molecular complexity index is 1220. The number of methoxy groups -OCH3 is 2. The van der Waals surface area contributed by atoms with Gasteiger partial charge in [-0.1, -0.05) is 30.3 Å². The number of aromatic nitrogens is 1. The number of anilines is 1. The third-order valence-electron chi connectivity index (χ3n) is 4.85. The number of hydrogen-bond acceptors (Lipinski definition) is 5. The van der Waals surface area contributed by atoms with Crippen molar-refractivity contribution in [3.05, 3.63) is 71.4 Å². The summed E-state index contributed by atoms with van der Waals surface area (Å²) in [4.78, 5) is 4.58. The fourth-order valence-corrected chi connectivity index (χ4v) is 4.09. The second kappa shape index (κ2) is 9.01. The van der Waals surface area contributed by atoms with E-state index in [2.05, 4.69) is 15.6 Å². The van der Waals surface area contributed by atoms with Gasteiger partial charge in [0.05, 0.1) is 32.0 Å². The molecule has 0 saturated carbocycles. The first-order valence-corrected chi connectivity index (χ1v) is 10.4. The summed E-state index contributed by atoms with van der Waals surface area (Å²) in [6.07, 6.45) is 0. The number of halogens is 1. The molecule has 4 aromatic rings. The number of thiazole rings is 1. The Morgan fingerprint density at radius 3 is 2.42 bits per heavy atom. The third-order valence-corrected chi connectivity index (χ3v) is 5.61. The molecule has 1 aromatic heterocycles. The first-order chi connectivity index (χ1) is 15.1. The van der Waals surface area contributed by atoms with Gasteiger partial charge in [0.25, 0.3) is 0 Å². The smallest absolute Gasteiger partial charge is 0.195 e. The molecule has 31 heavy (non-hydrogen) atoms. The number of nitrogens with one attached hydrogen (secondary N) is 3. The van der Waals surface area contributed by atoms with Gasteiger partial charge in [-0.2, -0.15) is 0 Å². The second-order valence-electron chi connectivity index (χ2n) is 6.67. The first kappa shape index (κ1) is 20.6. The van der Waals surface area contributed by atoms with Gasteiger partial charge in [0, 0.05) is 16.3 Å². The molecule has 3 N–H and O–H groups in total. The van der Waals surface area contributed by atoms with Gasteiger partial charge in [-0.05, 0) is 29.7 Å². The zero-order valence-corrected chi connectivity index (χ0v) is 17.8. The number of nitrogens with zero attached hydrogens (tertiary/aromatic N) is 1. The van der Waals surface area contributed by atoms with Gasteiger partial charge in [0.1, 0.15) is 17.3 Å². The lowest BCUT2D eigenvalue weighted by molar-refractivity contribution is 0.384. The van der Waals surface area contributed by atoms with Crippen molar-refractivity contribution in [2.45, 2.75) is 6.54 Å². The largest absolute Gasteiger partial charge is 0.496 e. The molecule has 0 saturated heterocycles. The minimum Gasteiger partial charge on any atom is -0.496 e. The summed E-state index contributed by atoms with van der Waals surface area (Å²) in [7, 11) is 3.19. The van der Waals surface area contributed by atoms with Crippen LogP contribution in [0.25, 0.3) is 22.0 Å². The van der Waals surface area contributed by atoms with Gasteiger partial charge in [-0.15, -0.1) is 11.3 Å². The molecule has 0 radical (unpaired) electrons. The van der Waals surface area contributed by atoms with Crippen LogP contribution in [0.2, 0.25) is 0 Å². The van der Waals surface area contributed by atoms with E-state index >= 15 is 0 Å². The van der Waals surface area contributed by atoms with Crippen LogP contribution >= 0.6 is 11.3 Å². The molecule has 0 aliphatic carbocycles. The van der Waals surface area contributed by atoms with E-state index in [0.29, 0.717) is 28.6 Å². The minimum absolute atomic E-state index is 0.0952. The number of guanidine groups is 1. The fraction of sp³-hybridized carbons (Fsp3) is 0.130. The summed E-state index contributed by atoms with van der Waals surface area (Å²) in [5.74, 6) is 1.20. The number of hydrogen-bond donors (Lipinski definition) is 3. The highest BCUT2D eigenvalue weighted by Crippen LogP contribution is 2.32. The maximum absolute atomic E-state index is 14.1. The van der Waals surface area contributed by atoms with E-state index in [4.69, 9.17) is 14.9 Å². The number of benzene rings is 3. The Hall–Kier alpha value is -3.65. The van der Waals surface area contributed by atoms with Gasteiger partial charge >= 0.3 is 0 Å². The van der Waals surface area contributed by atoms with E-state index < -0.39 is 0 Å². The Morgan fingerprint density at radius 2 is 1.71 bits per heavy atom. The van der Waals surface area contributed by atoms with E-state index in [1.807, 2.05) is 41.8 Å². The molecule has 0 bridgehead atoms. The maximum Gasteiger partial charge on any atom is 0.195 e. The van der Waals surface area contributed by atoms with Crippen LogP contribution in [-0.2, 0) is 6.54 Å². The standard InChI is InChI=1S/C23H21FN4O2S/c1-29-20-8-5-9-21(30-2)17(20)12-26-22(25)28-23-27-19(13-31-23)16-10-11-18(24)15-7-4-3-6-14(15)16/h3-11,13H,12H2,1-2H3,(H3,25,26,27,28). The molecule has 4 rings (SSSR count).